The van der Waals surface area contributed by atoms with Gasteiger partial charge in [-0.3, -0.25) is 0 Å². The molecule has 0 saturated carbocycles. The SMILES string of the molecule is CCCCC(CC)CO.CCCCCCCCCCCCC(CO)CCCCCCCCCC. The number of unbranched alkanes of at least 4 members (excludes halogenated alkanes) is 17. The number of hydrogen-bond donors (Lipinski definition) is 2. The zero-order valence-electron chi connectivity index (χ0n) is 24.4. The Morgan fingerprint density at radius 1 is 0.353 bits per heavy atom. The van der Waals surface area contributed by atoms with Crippen LogP contribution in [0.25, 0.3) is 0 Å². The zero-order chi connectivity index (χ0) is 25.5. The quantitative estimate of drug-likeness (QED) is 0.120. The van der Waals surface area contributed by atoms with E-state index in [1.165, 1.54) is 148 Å². The molecular formula is C32H68O2. The molecule has 2 atom stereocenters. The highest BCUT2D eigenvalue weighted by Crippen LogP contribution is 2.19. The Kier molecular flexibility index (Phi) is 34.9. The fourth-order valence-electron chi connectivity index (χ4n) is 4.73. The lowest BCUT2D eigenvalue weighted by Gasteiger charge is -2.13. The molecule has 0 fully saturated rings. The van der Waals surface area contributed by atoms with Crippen LogP contribution in [0.4, 0.5) is 0 Å². The molecule has 0 aromatic heterocycles. The molecule has 0 amide bonds. The Labute approximate surface area is 217 Å². The van der Waals surface area contributed by atoms with Crippen LogP contribution < -0.4 is 0 Å². The third-order valence-electron chi connectivity index (χ3n) is 7.49. The average molecular weight is 485 g/mol. The first-order valence-electron chi connectivity index (χ1n) is 15.9. The van der Waals surface area contributed by atoms with Gasteiger partial charge in [0.2, 0.25) is 0 Å². The van der Waals surface area contributed by atoms with Gasteiger partial charge in [-0.2, -0.15) is 0 Å². The summed E-state index contributed by atoms with van der Waals surface area (Å²) in [5.41, 5.74) is 0. The van der Waals surface area contributed by atoms with E-state index in [4.69, 9.17) is 5.11 Å². The number of aliphatic hydroxyl groups excluding tert-OH is 2. The average Bonchev–Trinajstić information content (AvgIpc) is 2.86. The molecule has 208 valence electrons. The van der Waals surface area contributed by atoms with E-state index in [0.717, 1.165) is 6.42 Å². The fraction of sp³-hybridized carbons (Fsp3) is 1.00. The molecule has 34 heavy (non-hydrogen) atoms. The van der Waals surface area contributed by atoms with Crippen LogP contribution in [0.2, 0.25) is 0 Å². The molecule has 0 aromatic rings. The van der Waals surface area contributed by atoms with E-state index in [9.17, 15) is 5.11 Å². The van der Waals surface area contributed by atoms with Gasteiger partial charge >= 0.3 is 0 Å². The van der Waals surface area contributed by atoms with Gasteiger partial charge in [-0.15, -0.1) is 0 Å². The molecule has 0 spiro atoms. The summed E-state index contributed by atoms with van der Waals surface area (Å²) in [5, 5.41) is 18.3. The van der Waals surface area contributed by atoms with Crippen LogP contribution in [0.15, 0.2) is 0 Å². The predicted octanol–water partition coefficient (Wildman–Crippen LogP) is 10.6. The van der Waals surface area contributed by atoms with Crippen molar-refractivity contribution < 1.29 is 10.2 Å². The second-order valence-electron chi connectivity index (χ2n) is 10.9. The molecule has 2 unspecified atom stereocenters. The molecule has 0 saturated heterocycles. The molecule has 2 N–H and O–H groups in total. The van der Waals surface area contributed by atoms with Crippen LogP contribution in [0.5, 0.6) is 0 Å². The van der Waals surface area contributed by atoms with Gasteiger partial charge in [-0.25, -0.2) is 0 Å². The van der Waals surface area contributed by atoms with Gasteiger partial charge < -0.3 is 10.2 Å². The van der Waals surface area contributed by atoms with Gasteiger partial charge in [0, 0.05) is 13.2 Å². The minimum absolute atomic E-state index is 0.372. The lowest BCUT2D eigenvalue weighted by Crippen LogP contribution is -2.06. The Morgan fingerprint density at radius 3 is 0.941 bits per heavy atom. The van der Waals surface area contributed by atoms with Crippen molar-refractivity contribution in [2.24, 2.45) is 11.8 Å². The second kappa shape index (κ2) is 32.9. The lowest BCUT2D eigenvalue weighted by molar-refractivity contribution is 0.204. The van der Waals surface area contributed by atoms with Crippen molar-refractivity contribution in [2.75, 3.05) is 13.2 Å². The van der Waals surface area contributed by atoms with Gasteiger partial charge in [0.05, 0.1) is 0 Å². The molecule has 0 aliphatic carbocycles. The largest absolute Gasteiger partial charge is 0.396 e. The molecule has 2 nitrogen and oxygen atoms in total. The normalized spacial score (nSPS) is 12.9. The zero-order valence-corrected chi connectivity index (χ0v) is 24.4. The van der Waals surface area contributed by atoms with Crippen LogP contribution in [-0.4, -0.2) is 23.4 Å². The van der Waals surface area contributed by atoms with E-state index in [-0.39, 0.29) is 0 Å². The van der Waals surface area contributed by atoms with E-state index < -0.39 is 0 Å². The third-order valence-corrected chi connectivity index (χ3v) is 7.49. The molecule has 0 bridgehead atoms. The predicted molar refractivity (Wildman–Crippen MR) is 155 cm³/mol. The van der Waals surface area contributed by atoms with Crippen molar-refractivity contribution >= 4 is 0 Å². The van der Waals surface area contributed by atoms with Gasteiger partial charge in [0.25, 0.3) is 0 Å². The molecular weight excluding hydrogens is 416 g/mol. The summed E-state index contributed by atoms with van der Waals surface area (Å²) in [7, 11) is 0. The van der Waals surface area contributed by atoms with Crippen molar-refractivity contribution in [1.29, 1.82) is 0 Å². The molecule has 0 rings (SSSR count). The minimum Gasteiger partial charge on any atom is -0.396 e. The smallest absolute Gasteiger partial charge is 0.0459 e. The maximum Gasteiger partial charge on any atom is 0.0459 e. The van der Waals surface area contributed by atoms with Crippen molar-refractivity contribution in [2.45, 2.75) is 182 Å². The monoisotopic (exact) mass is 485 g/mol. The summed E-state index contributed by atoms with van der Waals surface area (Å²) in [6.45, 7) is 9.67. The van der Waals surface area contributed by atoms with E-state index in [1.54, 1.807) is 0 Å². The van der Waals surface area contributed by atoms with Crippen LogP contribution in [-0.2, 0) is 0 Å². The molecule has 0 aromatic carbocycles. The molecule has 0 aliphatic heterocycles. The maximum absolute atomic E-state index is 9.57. The summed E-state index contributed by atoms with van der Waals surface area (Å²) >= 11 is 0. The molecule has 0 radical (unpaired) electrons. The van der Waals surface area contributed by atoms with Crippen molar-refractivity contribution in [3.63, 3.8) is 0 Å². The Bertz CT molecular complexity index is 327. The van der Waals surface area contributed by atoms with Crippen LogP contribution in [0.1, 0.15) is 182 Å². The third kappa shape index (κ3) is 30.0. The summed E-state index contributed by atoms with van der Waals surface area (Å²) < 4.78 is 0. The highest BCUT2D eigenvalue weighted by Gasteiger charge is 2.07. The second-order valence-corrected chi connectivity index (χ2v) is 10.9. The summed E-state index contributed by atoms with van der Waals surface area (Å²) in [4.78, 5) is 0. The number of rotatable bonds is 26. The summed E-state index contributed by atoms with van der Waals surface area (Å²) in [6, 6.07) is 0. The molecule has 0 aliphatic rings. The standard InChI is InChI=1S/C24H50O.C8H18O/c1-3-5-7-9-11-13-14-16-18-20-22-24(23-25)21-19-17-15-12-10-8-6-4-2;1-3-5-6-8(4-2)7-9/h24-25H,3-23H2,1-2H3;8-9H,3-7H2,1-2H3. The number of aliphatic hydroxyl groups is 2. The van der Waals surface area contributed by atoms with E-state index in [1.807, 2.05) is 0 Å². The van der Waals surface area contributed by atoms with Crippen molar-refractivity contribution in [3.8, 4) is 0 Å². The van der Waals surface area contributed by atoms with Gasteiger partial charge in [-0.05, 0) is 31.1 Å². The van der Waals surface area contributed by atoms with E-state index >= 15 is 0 Å². The first kappa shape index (κ1) is 36.1. The van der Waals surface area contributed by atoms with Crippen molar-refractivity contribution in [1.82, 2.24) is 0 Å². The maximum atomic E-state index is 9.57. The van der Waals surface area contributed by atoms with Crippen molar-refractivity contribution in [3.05, 3.63) is 0 Å². The van der Waals surface area contributed by atoms with E-state index in [2.05, 4.69) is 27.7 Å². The lowest BCUT2D eigenvalue weighted by atomic mass is 9.94. The topological polar surface area (TPSA) is 40.5 Å². The molecule has 2 heteroatoms. The Morgan fingerprint density at radius 2 is 0.647 bits per heavy atom. The first-order chi connectivity index (χ1) is 16.7. The summed E-state index contributed by atoms with van der Waals surface area (Å²) in [5.74, 6) is 1.14. The fourth-order valence-corrected chi connectivity index (χ4v) is 4.73. The number of hydrogen-bond acceptors (Lipinski definition) is 2. The van der Waals surface area contributed by atoms with Gasteiger partial charge in [0.1, 0.15) is 0 Å². The first-order valence-corrected chi connectivity index (χ1v) is 15.9. The molecule has 0 heterocycles. The highest BCUT2D eigenvalue weighted by atomic mass is 16.3. The van der Waals surface area contributed by atoms with Gasteiger partial charge in [-0.1, -0.05) is 163 Å². The van der Waals surface area contributed by atoms with Crippen LogP contribution >= 0.6 is 0 Å². The Hall–Kier alpha value is -0.0800. The highest BCUT2D eigenvalue weighted by molar-refractivity contribution is 4.60. The summed E-state index contributed by atoms with van der Waals surface area (Å²) in [6.07, 6.45) is 32.5. The van der Waals surface area contributed by atoms with E-state index in [0.29, 0.717) is 25.0 Å². The minimum atomic E-state index is 0.372. The van der Waals surface area contributed by atoms with Crippen LogP contribution in [0.3, 0.4) is 0 Å². The van der Waals surface area contributed by atoms with Crippen LogP contribution in [0, 0.1) is 11.8 Å². The Balaban J connectivity index is 0. The van der Waals surface area contributed by atoms with Gasteiger partial charge in [0.15, 0.2) is 0 Å².